The van der Waals surface area contributed by atoms with E-state index in [4.69, 9.17) is 4.74 Å². The summed E-state index contributed by atoms with van der Waals surface area (Å²) in [6.45, 7) is 0. The van der Waals surface area contributed by atoms with Crippen LogP contribution in [0.5, 0.6) is 5.75 Å². The van der Waals surface area contributed by atoms with E-state index in [-0.39, 0.29) is 5.69 Å². The highest BCUT2D eigenvalue weighted by molar-refractivity contribution is 5.81. The molecule has 0 aliphatic heterocycles. The summed E-state index contributed by atoms with van der Waals surface area (Å²) >= 11 is 0. The predicted molar refractivity (Wildman–Crippen MR) is 82.7 cm³/mol. The third kappa shape index (κ3) is 3.35. The second-order valence-electron chi connectivity index (χ2n) is 4.49. The standard InChI is InChI=1S/C13H10N4O7/c1-24-10-4-2-3-8(5-10)14-13-11(16(20)21)6-9(15(18)19)7-12(13)17(22)23/h2-7,14H,1H3. The minimum atomic E-state index is -0.935. The van der Waals surface area contributed by atoms with Crippen LogP contribution in [0.1, 0.15) is 0 Å². The number of methoxy groups -OCH3 is 1. The van der Waals surface area contributed by atoms with Gasteiger partial charge in [-0.15, -0.1) is 0 Å². The molecule has 0 aromatic heterocycles. The lowest BCUT2D eigenvalue weighted by Crippen LogP contribution is -2.03. The van der Waals surface area contributed by atoms with E-state index < -0.39 is 37.5 Å². The summed E-state index contributed by atoms with van der Waals surface area (Å²) in [5.74, 6) is 0.423. The summed E-state index contributed by atoms with van der Waals surface area (Å²) in [6, 6.07) is 7.49. The topological polar surface area (TPSA) is 151 Å². The van der Waals surface area contributed by atoms with Gasteiger partial charge in [0.25, 0.3) is 5.69 Å². The molecule has 1 N–H and O–H groups in total. The second-order valence-corrected chi connectivity index (χ2v) is 4.49. The number of non-ortho nitro benzene ring substituents is 1. The van der Waals surface area contributed by atoms with Crippen molar-refractivity contribution in [1.29, 1.82) is 0 Å². The van der Waals surface area contributed by atoms with Gasteiger partial charge < -0.3 is 10.1 Å². The molecule has 0 radical (unpaired) electrons. The van der Waals surface area contributed by atoms with Crippen LogP contribution < -0.4 is 10.1 Å². The maximum Gasteiger partial charge on any atom is 0.306 e. The number of ether oxygens (including phenoxy) is 1. The van der Waals surface area contributed by atoms with Crippen LogP contribution in [0.25, 0.3) is 0 Å². The third-order valence-corrected chi connectivity index (χ3v) is 3.02. The van der Waals surface area contributed by atoms with Crippen LogP contribution in [0.2, 0.25) is 0 Å². The maximum absolute atomic E-state index is 11.2. The molecule has 0 aliphatic rings. The van der Waals surface area contributed by atoms with Crippen molar-refractivity contribution in [3.63, 3.8) is 0 Å². The van der Waals surface area contributed by atoms with Gasteiger partial charge >= 0.3 is 11.4 Å². The molecular weight excluding hydrogens is 324 g/mol. The first-order chi connectivity index (χ1) is 11.3. The van der Waals surface area contributed by atoms with E-state index in [1.807, 2.05) is 0 Å². The molecule has 0 unspecified atom stereocenters. The van der Waals surface area contributed by atoms with Crippen molar-refractivity contribution >= 4 is 28.4 Å². The van der Waals surface area contributed by atoms with E-state index in [2.05, 4.69) is 5.32 Å². The van der Waals surface area contributed by atoms with E-state index in [0.717, 1.165) is 0 Å². The number of rotatable bonds is 6. The van der Waals surface area contributed by atoms with Crippen LogP contribution in [-0.2, 0) is 0 Å². The average molecular weight is 334 g/mol. The quantitative estimate of drug-likeness (QED) is 0.624. The van der Waals surface area contributed by atoms with Crippen molar-refractivity contribution in [1.82, 2.24) is 0 Å². The molecule has 0 heterocycles. The molecule has 124 valence electrons. The van der Waals surface area contributed by atoms with E-state index in [9.17, 15) is 30.3 Å². The Balaban J connectivity index is 2.63. The van der Waals surface area contributed by atoms with Gasteiger partial charge in [0, 0.05) is 11.8 Å². The van der Waals surface area contributed by atoms with Crippen molar-refractivity contribution in [3.8, 4) is 5.75 Å². The van der Waals surface area contributed by atoms with Crippen LogP contribution in [0, 0.1) is 30.3 Å². The van der Waals surface area contributed by atoms with Crippen LogP contribution in [0.3, 0.4) is 0 Å². The predicted octanol–water partition coefficient (Wildman–Crippen LogP) is 3.16. The molecule has 0 aliphatic carbocycles. The molecular formula is C13H10N4O7. The number of hydrogen-bond acceptors (Lipinski definition) is 8. The highest BCUT2D eigenvalue weighted by Crippen LogP contribution is 2.40. The molecule has 0 atom stereocenters. The SMILES string of the molecule is COc1cccc(Nc2c([N+](=O)[O-])cc([N+](=O)[O-])cc2[N+](=O)[O-])c1. The van der Waals surface area contributed by atoms with Gasteiger partial charge in [-0.05, 0) is 12.1 Å². The second kappa shape index (κ2) is 6.56. The Morgan fingerprint density at radius 2 is 1.50 bits per heavy atom. The zero-order chi connectivity index (χ0) is 17.9. The Bertz CT molecular complexity index is 802. The number of hydrogen-bond donors (Lipinski definition) is 1. The van der Waals surface area contributed by atoms with Crippen molar-refractivity contribution in [2.24, 2.45) is 0 Å². The molecule has 11 nitrogen and oxygen atoms in total. The Labute approximate surface area is 133 Å². The summed E-state index contributed by atoms with van der Waals surface area (Å²) in [4.78, 5) is 30.4. The van der Waals surface area contributed by atoms with E-state index in [1.165, 1.54) is 19.2 Å². The lowest BCUT2D eigenvalue weighted by molar-refractivity contribution is -0.401. The van der Waals surface area contributed by atoms with E-state index >= 15 is 0 Å². The van der Waals surface area contributed by atoms with Gasteiger partial charge in [-0.3, -0.25) is 30.3 Å². The van der Waals surface area contributed by atoms with Crippen molar-refractivity contribution < 1.29 is 19.5 Å². The third-order valence-electron chi connectivity index (χ3n) is 3.02. The number of nitrogens with zero attached hydrogens (tertiary/aromatic N) is 3. The fourth-order valence-electron chi connectivity index (χ4n) is 1.96. The van der Waals surface area contributed by atoms with Crippen LogP contribution in [0.4, 0.5) is 28.4 Å². The molecule has 0 amide bonds. The van der Waals surface area contributed by atoms with Crippen LogP contribution in [-0.4, -0.2) is 21.9 Å². The van der Waals surface area contributed by atoms with Gasteiger partial charge in [-0.1, -0.05) is 6.07 Å². The first-order valence-corrected chi connectivity index (χ1v) is 6.35. The highest BCUT2D eigenvalue weighted by Gasteiger charge is 2.30. The first kappa shape index (κ1) is 16.6. The van der Waals surface area contributed by atoms with E-state index in [1.54, 1.807) is 12.1 Å². The normalized spacial score (nSPS) is 10.0. The highest BCUT2D eigenvalue weighted by atomic mass is 16.6. The van der Waals surface area contributed by atoms with Crippen LogP contribution >= 0.6 is 0 Å². The van der Waals surface area contributed by atoms with E-state index in [0.29, 0.717) is 17.9 Å². The van der Waals surface area contributed by atoms with Crippen molar-refractivity contribution in [2.75, 3.05) is 12.4 Å². The summed E-state index contributed by atoms with van der Waals surface area (Å²) in [5, 5.41) is 35.7. The molecule has 0 fully saturated rings. The number of benzene rings is 2. The summed E-state index contributed by atoms with van der Waals surface area (Å²) < 4.78 is 5.00. The van der Waals surface area contributed by atoms with Gasteiger partial charge in [-0.2, -0.15) is 0 Å². The number of nitro benzene ring substituents is 3. The Morgan fingerprint density at radius 1 is 0.917 bits per heavy atom. The molecule has 11 heteroatoms. The largest absolute Gasteiger partial charge is 0.497 e. The molecule has 0 bridgehead atoms. The zero-order valence-electron chi connectivity index (χ0n) is 12.2. The van der Waals surface area contributed by atoms with Crippen molar-refractivity contribution in [3.05, 3.63) is 66.7 Å². The molecule has 2 rings (SSSR count). The van der Waals surface area contributed by atoms with Gasteiger partial charge in [0.15, 0.2) is 5.69 Å². The zero-order valence-corrected chi connectivity index (χ0v) is 12.2. The Kier molecular flexibility index (Phi) is 4.54. The maximum atomic E-state index is 11.2. The van der Waals surface area contributed by atoms with Gasteiger partial charge in [0.1, 0.15) is 5.75 Å². The molecule has 2 aromatic carbocycles. The lowest BCUT2D eigenvalue weighted by atomic mass is 10.2. The number of anilines is 2. The summed E-state index contributed by atoms with van der Waals surface area (Å²) in [5.41, 5.74) is -2.47. The number of nitrogens with one attached hydrogen (secondary N) is 1. The van der Waals surface area contributed by atoms with Gasteiger partial charge in [0.2, 0.25) is 0 Å². The average Bonchev–Trinajstić information content (AvgIpc) is 2.54. The Hall–Kier alpha value is -3.76. The molecule has 0 spiro atoms. The molecule has 0 saturated heterocycles. The minimum absolute atomic E-state index is 0.286. The summed E-state index contributed by atoms with van der Waals surface area (Å²) in [6.07, 6.45) is 0. The minimum Gasteiger partial charge on any atom is -0.497 e. The summed E-state index contributed by atoms with van der Waals surface area (Å²) in [7, 11) is 1.41. The lowest BCUT2D eigenvalue weighted by Gasteiger charge is -2.09. The van der Waals surface area contributed by atoms with Crippen molar-refractivity contribution in [2.45, 2.75) is 0 Å². The van der Waals surface area contributed by atoms with Crippen LogP contribution in [0.15, 0.2) is 36.4 Å². The Morgan fingerprint density at radius 3 is 1.96 bits per heavy atom. The first-order valence-electron chi connectivity index (χ1n) is 6.35. The number of nitro groups is 3. The van der Waals surface area contributed by atoms with Gasteiger partial charge in [-0.25, -0.2) is 0 Å². The molecule has 0 saturated carbocycles. The molecule has 2 aromatic rings. The fourth-order valence-corrected chi connectivity index (χ4v) is 1.96. The van der Waals surface area contributed by atoms with Gasteiger partial charge in [0.05, 0.1) is 34.0 Å². The monoisotopic (exact) mass is 334 g/mol. The molecule has 24 heavy (non-hydrogen) atoms. The fraction of sp³-hybridized carbons (Fsp3) is 0.0769. The smallest absolute Gasteiger partial charge is 0.306 e.